The Kier molecular flexibility index (Phi) is 28.5. The van der Waals surface area contributed by atoms with Gasteiger partial charge in [0.1, 0.15) is 11.6 Å². The summed E-state index contributed by atoms with van der Waals surface area (Å²) in [6, 6.07) is 33.1. The largest absolute Gasteiger partial charge is 0.392 e. The monoisotopic (exact) mass is 1520 g/mol. The van der Waals surface area contributed by atoms with Crippen molar-refractivity contribution in [2.45, 2.75) is 105 Å². The third-order valence-electron chi connectivity index (χ3n) is 20.7. The SMILES string of the molecule is CCc1cc(NC(=O)NC[C@@H]2CCCN(CCc3ccc(F)c(F)c3)C2)cc(-c2nnnn2C)c1.CCc1cc(NC(=O)NC[C@H]2CN(CCc3ccc(F)cc3)CCC2(C)C)cc(-c2nnnn2C)c1.CCc1cc(NC(=O)NC[C@H]2CN(CCc3ccc(F)cc3)CC[C@@H]2C(F)(F)F)cc(-c2nnnn2C)c1.[HH].[HH].[HH].[HH].[HH].[HH]. The van der Waals surface area contributed by atoms with E-state index in [0.29, 0.717) is 97.4 Å². The predicted molar refractivity (Wildman–Crippen MR) is 416 cm³/mol. The van der Waals surface area contributed by atoms with E-state index in [2.05, 4.69) is 116 Å². The maximum absolute atomic E-state index is 13.8. The van der Waals surface area contributed by atoms with Crippen molar-refractivity contribution in [1.29, 1.82) is 0 Å². The number of carbonyl (C=O) groups is 3. The van der Waals surface area contributed by atoms with E-state index in [1.165, 1.54) is 41.1 Å². The van der Waals surface area contributed by atoms with E-state index in [1.807, 2.05) is 72.5 Å². The minimum atomic E-state index is -4.35. The van der Waals surface area contributed by atoms with Crippen molar-refractivity contribution in [3.05, 3.63) is 178 Å². The maximum atomic E-state index is 13.8. The normalized spacial score (nSPS) is 17.5. The number of anilines is 3. The lowest BCUT2D eigenvalue weighted by Gasteiger charge is -2.44. The van der Waals surface area contributed by atoms with Crippen molar-refractivity contribution in [3.63, 3.8) is 0 Å². The molecule has 6 aromatic carbocycles. The molecule has 0 unspecified atom stereocenters. The molecule has 109 heavy (non-hydrogen) atoms. The number of tetrazole rings is 3. The van der Waals surface area contributed by atoms with E-state index in [-0.39, 0.29) is 57.2 Å². The molecule has 594 valence electrons. The van der Waals surface area contributed by atoms with Crippen molar-refractivity contribution in [1.82, 2.24) is 91.3 Å². The van der Waals surface area contributed by atoms with Gasteiger partial charge < -0.3 is 46.6 Å². The van der Waals surface area contributed by atoms with Gasteiger partial charge in [0.15, 0.2) is 29.1 Å². The van der Waals surface area contributed by atoms with Gasteiger partial charge in [0.25, 0.3) is 0 Å². The van der Waals surface area contributed by atoms with Gasteiger partial charge in [-0.25, -0.2) is 46.0 Å². The van der Waals surface area contributed by atoms with Crippen molar-refractivity contribution < 1.29 is 53.7 Å². The summed E-state index contributed by atoms with van der Waals surface area (Å²) in [4.78, 5) is 44.9. The first kappa shape index (κ1) is 81.3. The molecule has 0 radical (unpaired) electrons. The Morgan fingerprint density at radius 1 is 0.477 bits per heavy atom. The van der Waals surface area contributed by atoms with Crippen molar-refractivity contribution >= 4 is 35.2 Å². The van der Waals surface area contributed by atoms with Gasteiger partial charge in [0.2, 0.25) is 0 Å². The van der Waals surface area contributed by atoms with E-state index >= 15 is 0 Å². The lowest BCUT2D eigenvalue weighted by molar-refractivity contribution is -0.199. The Labute approximate surface area is 639 Å². The minimum Gasteiger partial charge on any atom is -0.338 e. The maximum Gasteiger partial charge on any atom is 0.392 e. The van der Waals surface area contributed by atoms with Crippen LogP contribution in [0, 0.1) is 52.4 Å². The highest BCUT2D eigenvalue weighted by Gasteiger charge is 2.47. The van der Waals surface area contributed by atoms with Gasteiger partial charge >= 0.3 is 24.3 Å². The van der Waals surface area contributed by atoms with E-state index in [9.17, 15) is 45.1 Å². The fourth-order valence-electron chi connectivity index (χ4n) is 14.1. The number of likely N-dealkylation sites (tertiary alicyclic amines) is 3. The number of hydrogen-bond acceptors (Lipinski definition) is 15. The molecule has 3 aliphatic rings. The fourth-order valence-corrected chi connectivity index (χ4v) is 14.1. The van der Waals surface area contributed by atoms with Gasteiger partial charge in [-0.05, 0) is 257 Å². The molecule has 3 aliphatic heterocycles. The zero-order valence-electron chi connectivity index (χ0n) is 63.0. The van der Waals surface area contributed by atoms with Crippen LogP contribution in [0.5, 0.6) is 0 Å². The van der Waals surface area contributed by atoms with Crippen LogP contribution in [0.3, 0.4) is 0 Å². The van der Waals surface area contributed by atoms with Crippen LogP contribution in [0.1, 0.15) is 102 Å². The van der Waals surface area contributed by atoms with Crippen LogP contribution in [0.25, 0.3) is 34.2 Å². The molecule has 6 heterocycles. The first-order valence-electron chi connectivity index (χ1n) is 37.2. The van der Waals surface area contributed by atoms with Gasteiger partial charge in [-0.15, -0.1) is 15.3 Å². The van der Waals surface area contributed by atoms with Gasteiger partial charge in [-0.3, -0.25) is 0 Å². The third-order valence-corrected chi connectivity index (χ3v) is 20.7. The highest BCUT2D eigenvalue weighted by Crippen LogP contribution is 2.39. The van der Waals surface area contributed by atoms with Crippen LogP contribution in [0.4, 0.5) is 62.2 Å². The van der Waals surface area contributed by atoms with E-state index in [4.69, 9.17) is 0 Å². The van der Waals surface area contributed by atoms with Gasteiger partial charge in [-0.1, -0.05) is 65.0 Å². The number of rotatable bonds is 24. The molecule has 3 saturated heterocycles. The number of halogens is 7. The molecule has 0 bridgehead atoms. The summed E-state index contributed by atoms with van der Waals surface area (Å²) in [7, 11) is 5.28. The van der Waals surface area contributed by atoms with Crippen LogP contribution in [0.15, 0.2) is 121 Å². The van der Waals surface area contributed by atoms with Gasteiger partial charge in [0, 0.05) is 128 Å². The minimum absolute atomic E-state index is 0. The molecule has 12 rings (SSSR count). The Balaban J connectivity index is 0.000000354. The third kappa shape index (κ3) is 23.9. The van der Waals surface area contributed by atoms with Crippen LogP contribution in [0.2, 0.25) is 0 Å². The quantitative estimate of drug-likeness (QED) is 0.0307. The Morgan fingerprint density at radius 3 is 1.33 bits per heavy atom. The predicted octanol–water partition coefficient (Wildman–Crippen LogP) is 14.0. The number of aromatic nitrogens is 12. The summed E-state index contributed by atoms with van der Waals surface area (Å²) in [6.07, 6.45) is 3.28. The molecule has 4 atom stereocenters. The van der Waals surface area contributed by atoms with Gasteiger partial charge in [0.05, 0.1) is 5.92 Å². The summed E-state index contributed by atoms with van der Waals surface area (Å²) in [5, 5.41) is 52.3. The number of piperidine rings is 3. The second-order valence-electron chi connectivity index (χ2n) is 29.0. The number of benzene rings is 6. The molecule has 6 N–H and O–H groups in total. The van der Waals surface area contributed by atoms with E-state index < -0.39 is 35.7 Å². The number of aryl methyl sites for hydroxylation is 6. The first-order chi connectivity index (χ1) is 52.3. The van der Waals surface area contributed by atoms with Crippen molar-refractivity contribution in [3.8, 4) is 34.2 Å². The average Bonchev–Trinajstić information content (AvgIpc) is 1.72. The Morgan fingerprint density at radius 2 is 0.899 bits per heavy atom. The molecule has 6 amide bonds. The molecule has 3 aromatic heterocycles. The number of alkyl halides is 3. The molecule has 3 fully saturated rings. The molecular formula is C78H110F7N21O3. The van der Waals surface area contributed by atoms with Crippen LogP contribution in [-0.2, 0) is 59.7 Å². The van der Waals surface area contributed by atoms with Crippen molar-refractivity contribution in [2.75, 3.05) is 94.5 Å². The number of carbonyl (C=O) groups excluding carboxylic acids is 3. The summed E-state index contributed by atoms with van der Waals surface area (Å²) in [5.74, 6) is -1.97. The second kappa shape index (κ2) is 38.2. The number of nitrogens with one attached hydrogen (secondary N) is 6. The zero-order valence-corrected chi connectivity index (χ0v) is 63.0. The van der Waals surface area contributed by atoms with Crippen LogP contribution >= 0.6 is 0 Å². The highest BCUT2D eigenvalue weighted by atomic mass is 19.4. The van der Waals surface area contributed by atoms with Crippen LogP contribution < -0.4 is 31.9 Å². The lowest BCUT2D eigenvalue weighted by Crippen LogP contribution is -2.50. The smallest absolute Gasteiger partial charge is 0.338 e. The summed E-state index contributed by atoms with van der Waals surface area (Å²) in [5.41, 5.74) is 10.4. The number of nitrogens with zero attached hydrogens (tertiary/aromatic N) is 15. The van der Waals surface area contributed by atoms with Crippen LogP contribution in [-0.4, -0.2) is 178 Å². The number of hydrogen-bond donors (Lipinski definition) is 6. The summed E-state index contributed by atoms with van der Waals surface area (Å²) < 4.78 is 99.0. The average molecular weight is 1520 g/mol. The second-order valence-corrected chi connectivity index (χ2v) is 29.0. The Hall–Kier alpha value is -10.3. The Bertz CT molecular complexity index is 4490. The summed E-state index contributed by atoms with van der Waals surface area (Å²) >= 11 is 0. The molecule has 0 spiro atoms. The summed E-state index contributed by atoms with van der Waals surface area (Å²) in [6.45, 7) is 18.3. The molecular weight excluding hydrogens is 1410 g/mol. The van der Waals surface area contributed by atoms with Crippen molar-refractivity contribution in [2.24, 2.45) is 50.2 Å². The zero-order chi connectivity index (χ0) is 77.8. The van der Waals surface area contributed by atoms with E-state index in [0.717, 1.165) is 122 Å². The van der Waals surface area contributed by atoms with Gasteiger partial charge in [-0.2, -0.15) is 13.2 Å². The topological polar surface area (TPSA) is 264 Å². The molecule has 0 aliphatic carbocycles. The fraction of sp³-hybridized carbons (Fsp3) is 0.462. The molecule has 24 nitrogen and oxygen atoms in total. The standard InChI is InChI=1S/C27H36FN7O.C26H31F4N7O.C25H31F2N7O.6H2/c1-5-19-14-21(25-31-32-33-34(25)4)16-24(15-19)30-26(36)29-17-22-18-35(13-11-27(22,2)3)12-10-20-6-8-23(28)9-7-20;1-3-17-12-19(24-33-34-35-36(24)2)14-22(13-17)32-25(38)31-15-20-16-37(11-9-23(20)26(28,29)30)10-8-18-4-6-21(27)7-5-18;1-3-17-11-20(24-30-31-32-33(24)2)14-21(12-17)29-25(35)28-15-19-5-4-9-34(16-19)10-8-18-6-7-22(26)23(27)13-18;;;;;;/h6-9,14-16,22H,5,10-13,17-18H2,1-4H3,(H2,29,30,36);4-7,12-14,20,23H,3,8-11,15-16H2,1-2H3,(H2,31,32,38);6-7,11-14,19H,3-5,8-10,15-16H2,1-2H3,(H2,28,29,35);6*1H/t22-;20-,23-;19-;;;;;;/m000....../s1. The molecule has 0 saturated carbocycles. The molecule has 31 heteroatoms. The number of urea groups is 3. The first-order valence-corrected chi connectivity index (χ1v) is 37.2. The molecule has 9 aromatic rings. The lowest BCUT2D eigenvalue weighted by atomic mass is 9.73. The van der Waals surface area contributed by atoms with E-state index in [1.54, 1.807) is 54.8 Å². The highest BCUT2D eigenvalue weighted by molar-refractivity contribution is 5.91. The number of amides is 6.